The average Bonchev–Trinajstić information content (AvgIpc) is 3.12. The van der Waals surface area contributed by atoms with Crippen LogP contribution < -0.4 is 9.60 Å². The van der Waals surface area contributed by atoms with E-state index < -0.39 is 10.0 Å². The molecule has 0 spiro atoms. The van der Waals surface area contributed by atoms with Crippen molar-refractivity contribution in [2.45, 2.75) is 50.5 Å². The van der Waals surface area contributed by atoms with Gasteiger partial charge in [0.05, 0.1) is 15.1 Å². The molecule has 0 unspecified atom stereocenters. The van der Waals surface area contributed by atoms with Gasteiger partial charge in [-0.25, -0.2) is 8.42 Å². The second-order valence-electron chi connectivity index (χ2n) is 8.00. The van der Waals surface area contributed by atoms with Crippen molar-refractivity contribution in [3.8, 4) is 0 Å². The normalized spacial score (nSPS) is 14.6. The number of rotatable bonds is 7. The fourth-order valence-corrected chi connectivity index (χ4v) is 6.07. The van der Waals surface area contributed by atoms with Crippen LogP contribution in [0.25, 0.3) is 10.2 Å². The van der Waals surface area contributed by atoms with E-state index in [0.29, 0.717) is 22.4 Å². The first-order chi connectivity index (χ1) is 15.4. The number of piperidine rings is 1. The van der Waals surface area contributed by atoms with Crippen LogP contribution in [-0.2, 0) is 27.8 Å². The lowest BCUT2D eigenvalue weighted by atomic mass is 10.1. The Morgan fingerprint density at radius 3 is 2.47 bits per heavy atom. The second-order valence-corrected chi connectivity index (χ2v) is 10.7. The second kappa shape index (κ2) is 9.46. The van der Waals surface area contributed by atoms with Crippen molar-refractivity contribution in [3.05, 3.63) is 57.7 Å². The lowest BCUT2D eigenvalue weighted by Crippen LogP contribution is -2.36. The lowest BCUT2D eigenvalue weighted by Gasteiger charge is -2.26. The number of nitrogens with one attached hydrogen (secondary N) is 1. The summed E-state index contributed by atoms with van der Waals surface area (Å²) in [5.74, 6) is 0.0634. The number of amides is 1. The number of hydrogen-bond donors (Lipinski definition) is 1. The summed E-state index contributed by atoms with van der Waals surface area (Å²) >= 11 is 0.998. The number of thiazole rings is 1. The summed E-state index contributed by atoms with van der Waals surface area (Å²) in [5.41, 5.74) is 2.27. The van der Waals surface area contributed by atoms with E-state index in [1.165, 1.54) is 12.1 Å². The first-order valence-electron chi connectivity index (χ1n) is 10.9. The smallest absolute Gasteiger partial charge is 0.308 e. The molecule has 1 saturated heterocycles. The van der Waals surface area contributed by atoms with Gasteiger partial charge in [0.25, 0.3) is 10.0 Å². The highest BCUT2D eigenvalue weighted by Crippen LogP contribution is 2.24. The van der Waals surface area contributed by atoms with Crippen LogP contribution in [0.1, 0.15) is 38.2 Å². The highest BCUT2D eigenvalue weighted by atomic mass is 32.2. The van der Waals surface area contributed by atoms with Gasteiger partial charge >= 0.3 is 4.87 Å². The number of carbonyl (C=O) groups excluding carboxylic acids is 1. The summed E-state index contributed by atoms with van der Waals surface area (Å²) in [6.45, 7) is 3.90. The van der Waals surface area contributed by atoms with E-state index >= 15 is 0 Å². The molecule has 3 aromatic rings. The molecule has 4 rings (SSSR count). The number of anilines is 1. The van der Waals surface area contributed by atoms with Crippen molar-refractivity contribution in [1.82, 2.24) is 9.47 Å². The summed E-state index contributed by atoms with van der Waals surface area (Å²) < 4.78 is 30.4. The largest absolute Gasteiger partial charge is 0.343 e. The molecule has 0 saturated carbocycles. The maximum Gasteiger partial charge on any atom is 0.308 e. The zero-order valence-corrected chi connectivity index (χ0v) is 19.7. The Morgan fingerprint density at radius 2 is 1.78 bits per heavy atom. The van der Waals surface area contributed by atoms with Gasteiger partial charge in [-0.2, -0.15) is 0 Å². The molecule has 0 radical (unpaired) electrons. The molecule has 1 fully saturated rings. The number of carbonyl (C=O) groups is 1. The molecule has 1 N–H and O–H groups in total. The Hall–Kier alpha value is -2.65. The molecule has 1 amide bonds. The average molecular weight is 474 g/mol. The Balaban J connectivity index is 1.51. The highest BCUT2D eigenvalue weighted by Gasteiger charge is 2.19. The van der Waals surface area contributed by atoms with Gasteiger partial charge in [-0.3, -0.25) is 18.9 Å². The van der Waals surface area contributed by atoms with Crippen LogP contribution in [0.15, 0.2) is 52.2 Å². The van der Waals surface area contributed by atoms with Crippen molar-refractivity contribution >= 4 is 43.2 Å². The van der Waals surface area contributed by atoms with Crippen molar-refractivity contribution in [1.29, 1.82) is 0 Å². The van der Waals surface area contributed by atoms with Crippen LogP contribution in [0.4, 0.5) is 5.69 Å². The number of fused-ring (bicyclic) bond motifs is 1. The molecule has 32 heavy (non-hydrogen) atoms. The summed E-state index contributed by atoms with van der Waals surface area (Å²) in [6, 6.07) is 11.9. The standard InChI is InChI=1S/C23H27N3O4S2/c1-2-17-6-8-18(9-7-17)24-32(29,30)19-10-11-20-21(16-19)31-23(28)26(20)15-12-22(27)25-13-4-3-5-14-25/h6-11,16,24H,2-5,12-15H2,1H3. The molecule has 170 valence electrons. The van der Waals surface area contributed by atoms with Crippen LogP contribution in [0.2, 0.25) is 0 Å². The fourth-order valence-electron chi connectivity index (χ4n) is 3.96. The van der Waals surface area contributed by atoms with Gasteiger partial charge in [-0.05, 0) is 61.6 Å². The Labute approximate surface area is 191 Å². The summed E-state index contributed by atoms with van der Waals surface area (Å²) in [5, 5.41) is 0. The van der Waals surface area contributed by atoms with Gasteiger partial charge in [-0.15, -0.1) is 0 Å². The van der Waals surface area contributed by atoms with E-state index in [0.717, 1.165) is 55.7 Å². The summed E-state index contributed by atoms with van der Waals surface area (Å²) in [6.07, 6.45) is 4.36. The van der Waals surface area contributed by atoms with Gasteiger partial charge in [0.1, 0.15) is 0 Å². The van der Waals surface area contributed by atoms with Crippen LogP contribution in [0.3, 0.4) is 0 Å². The molecule has 1 aliphatic rings. The number of aryl methyl sites for hydroxylation is 2. The summed E-state index contributed by atoms with van der Waals surface area (Å²) in [7, 11) is -3.78. The third-order valence-corrected chi connectivity index (χ3v) is 8.14. The zero-order chi connectivity index (χ0) is 22.7. The molecule has 0 atom stereocenters. The molecular formula is C23H27N3O4S2. The fraction of sp³-hybridized carbons (Fsp3) is 0.391. The first kappa shape index (κ1) is 22.5. The molecule has 9 heteroatoms. The number of likely N-dealkylation sites (tertiary alicyclic amines) is 1. The molecule has 2 heterocycles. The SMILES string of the molecule is CCc1ccc(NS(=O)(=O)c2ccc3c(c2)sc(=O)n3CCC(=O)N2CCCCC2)cc1. The number of hydrogen-bond acceptors (Lipinski definition) is 5. The minimum Gasteiger partial charge on any atom is -0.343 e. The predicted octanol–water partition coefficient (Wildman–Crippen LogP) is 3.83. The Bertz CT molecular complexity index is 1270. The van der Waals surface area contributed by atoms with Crippen LogP contribution in [0, 0.1) is 0 Å². The zero-order valence-electron chi connectivity index (χ0n) is 18.0. The van der Waals surface area contributed by atoms with Crippen molar-refractivity contribution < 1.29 is 13.2 Å². The quantitative estimate of drug-likeness (QED) is 0.565. The Kier molecular flexibility index (Phi) is 6.66. The minimum atomic E-state index is -3.78. The third kappa shape index (κ3) is 4.88. The number of aromatic nitrogens is 1. The molecule has 1 aliphatic heterocycles. The number of sulfonamides is 1. The van der Waals surface area contributed by atoms with Gasteiger partial charge < -0.3 is 4.90 Å². The van der Waals surface area contributed by atoms with Crippen LogP contribution >= 0.6 is 11.3 Å². The van der Waals surface area contributed by atoms with Gasteiger partial charge in [0.15, 0.2) is 0 Å². The molecule has 2 aromatic carbocycles. The van der Waals surface area contributed by atoms with Gasteiger partial charge in [-0.1, -0.05) is 30.4 Å². The van der Waals surface area contributed by atoms with Crippen LogP contribution in [-0.4, -0.2) is 36.9 Å². The van der Waals surface area contributed by atoms with E-state index in [9.17, 15) is 18.0 Å². The topological polar surface area (TPSA) is 88.5 Å². The van der Waals surface area contributed by atoms with Crippen molar-refractivity contribution in [2.24, 2.45) is 0 Å². The molecule has 0 bridgehead atoms. The molecule has 1 aromatic heterocycles. The van der Waals surface area contributed by atoms with Crippen molar-refractivity contribution in [2.75, 3.05) is 17.8 Å². The highest BCUT2D eigenvalue weighted by molar-refractivity contribution is 7.92. The molecule has 0 aliphatic carbocycles. The van der Waals surface area contributed by atoms with E-state index in [2.05, 4.69) is 4.72 Å². The maximum atomic E-state index is 12.8. The van der Waals surface area contributed by atoms with E-state index in [1.807, 2.05) is 24.0 Å². The summed E-state index contributed by atoms with van der Waals surface area (Å²) in [4.78, 5) is 26.8. The minimum absolute atomic E-state index is 0.0634. The van der Waals surface area contributed by atoms with Gasteiger partial charge in [0.2, 0.25) is 5.91 Å². The van der Waals surface area contributed by atoms with E-state index in [4.69, 9.17) is 0 Å². The predicted molar refractivity (Wildman–Crippen MR) is 128 cm³/mol. The third-order valence-electron chi connectivity index (χ3n) is 5.82. The molecular weight excluding hydrogens is 446 g/mol. The first-order valence-corrected chi connectivity index (χ1v) is 13.2. The van der Waals surface area contributed by atoms with E-state index in [-0.39, 0.29) is 22.1 Å². The van der Waals surface area contributed by atoms with E-state index in [1.54, 1.807) is 22.8 Å². The molecule has 7 nitrogen and oxygen atoms in total. The van der Waals surface area contributed by atoms with Crippen LogP contribution in [0.5, 0.6) is 0 Å². The number of benzene rings is 2. The number of nitrogens with zero attached hydrogens (tertiary/aromatic N) is 2. The lowest BCUT2D eigenvalue weighted by molar-refractivity contribution is -0.132. The Morgan fingerprint density at radius 1 is 1.06 bits per heavy atom. The monoisotopic (exact) mass is 473 g/mol. The maximum absolute atomic E-state index is 12.8. The van der Waals surface area contributed by atoms with Crippen molar-refractivity contribution in [3.63, 3.8) is 0 Å². The van der Waals surface area contributed by atoms with Gasteiger partial charge in [0, 0.05) is 31.7 Å².